The van der Waals surface area contributed by atoms with Crippen LogP contribution in [-0.2, 0) is 4.79 Å². The van der Waals surface area contributed by atoms with Gasteiger partial charge in [-0.15, -0.1) is 0 Å². The number of hydrogen-bond acceptors (Lipinski definition) is 3. The van der Waals surface area contributed by atoms with E-state index in [2.05, 4.69) is 26.6 Å². The first kappa shape index (κ1) is 18.1. The number of benzene rings is 2. The van der Waals surface area contributed by atoms with Crippen molar-refractivity contribution in [2.45, 2.75) is 13.8 Å². The number of aryl methyl sites for hydroxylation is 2. The van der Waals surface area contributed by atoms with Crippen molar-refractivity contribution in [3.8, 4) is 6.07 Å². The molecule has 4 nitrogen and oxygen atoms in total. The fourth-order valence-corrected chi connectivity index (χ4v) is 2.76. The molecule has 1 amide bonds. The Kier molecular flexibility index (Phi) is 6.02. The van der Waals surface area contributed by atoms with Crippen molar-refractivity contribution in [1.29, 1.82) is 5.26 Å². The fourth-order valence-electron chi connectivity index (χ4n) is 2.12. The van der Waals surface area contributed by atoms with Crippen LogP contribution in [-0.4, -0.2) is 5.91 Å². The first-order valence-electron chi connectivity index (χ1n) is 7.11. The smallest absolute Gasteiger partial charge is 0.267 e. The molecule has 0 heterocycles. The maximum absolute atomic E-state index is 12.2. The van der Waals surface area contributed by atoms with Crippen LogP contribution in [0.1, 0.15) is 11.1 Å². The van der Waals surface area contributed by atoms with Crippen LogP contribution in [0, 0.1) is 25.2 Å². The number of amides is 1. The van der Waals surface area contributed by atoms with Crippen LogP contribution < -0.4 is 10.6 Å². The molecule has 0 fully saturated rings. The molecule has 2 N–H and O–H groups in total. The third-order valence-corrected chi connectivity index (χ3v) is 4.09. The van der Waals surface area contributed by atoms with E-state index >= 15 is 0 Å². The fraction of sp³-hybridized carbons (Fsp3) is 0.111. The molecule has 0 aromatic heterocycles. The molecule has 0 spiro atoms. The molecule has 2 rings (SSSR count). The van der Waals surface area contributed by atoms with E-state index in [-0.39, 0.29) is 5.57 Å². The van der Waals surface area contributed by atoms with Crippen LogP contribution >= 0.6 is 27.5 Å². The Hall–Kier alpha value is -2.29. The van der Waals surface area contributed by atoms with Crippen molar-refractivity contribution in [2.24, 2.45) is 0 Å². The van der Waals surface area contributed by atoms with E-state index in [0.717, 1.165) is 15.6 Å². The highest BCUT2D eigenvalue weighted by atomic mass is 79.9. The minimum Gasteiger partial charge on any atom is -0.359 e. The molecule has 24 heavy (non-hydrogen) atoms. The first-order valence-corrected chi connectivity index (χ1v) is 8.28. The number of nitrogens with one attached hydrogen (secondary N) is 2. The van der Waals surface area contributed by atoms with Gasteiger partial charge in [-0.2, -0.15) is 5.26 Å². The molecule has 0 unspecified atom stereocenters. The summed E-state index contributed by atoms with van der Waals surface area (Å²) in [5, 5.41) is 15.4. The number of halogens is 2. The quantitative estimate of drug-likeness (QED) is 0.545. The minimum absolute atomic E-state index is 0.0473. The summed E-state index contributed by atoms with van der Waals surface area (Å²) < 4.78 is 0.905. The maximum atomic E-state index is 12.2. The van der Waals surface area contributed by atoms with E-state index in [0.29, 0.717) is 16.4 Å². The van der Waals surface area contributed by atoms with Gasteiger partial charge in [-0.1, -0.05) is 33.6 Å². The van der Waals surface area contributed by atoms with Crippen molar-refractivity contribution in [1.82, 2.24) is 0 Å². The molecule has 2 aromatic carbocycles. The summed E-state index contributed by atoms with van der Waals surface area (Å²) in [4.78, 5) is 12.2. The highest BCUT2D eigenvalue weighted by Crippen LogP contribution is 2.27. The lowest BCUT2D eigenvalue weighted by molar-refractivity contribution is -0.112. The Morgan fingerprint density at radius 2 is 1.92 bits per heavy atom. The predicted molar refractivity (Wildman–Crippen MR) is 101 cm³/mol. The Labute approximate surface area is 154 Å². The van der Waals surface area contributed by atoms with E-state index in [1.165, 1.54) is 6.20 Å². The Morgan fingerprint density at radius 1 is 1.25 bits per heavy atom. The lowest BCUT2D eigenvalue weighted by Gasteiger charge is -2.10. The van der Waals surface area contributed by atoms with Gasteiger partial charge in [-0.05, 0) is 55.3 Å². The molecule has 0 saturated heterocycles. The first-order chi connectivity index (χ1) is 11.4. The molecular formula is C18H15BrClN3O. The number of carbonyl (C=O) groups excluding carboxylic acids is 1. The second kappa shape index (κ2) is 8.00. The summed E-state index contributed by atoms with van der Waals surface area (Å²) in [6, 6.07) is 12.8. The van der Waals surface area contributed by atoms with E-state index in [1.54, 1.807) is 24.3 Å². The average molecular weight is 405 g/mol. The van der Waals surface area contributed by atoms with Gasteiger partial charge in [-0.25, -0.2) is 0 Å². The minimum atomic E-state index is -0.492. The van der Waals surface area contributed by atoms with Crippen LogP contribution in [0.4, 0.5) is 11.4 Å². The number of hydrogen-bond donors (Lipinski definition) is 2. The van der Waals surface area contributed by atoms with E-state index in [4.69, 9.17) is 11.6 Å². The molecule has 122 valence electrons. The van der Waals surface area contributed by atoms with Gasteiger partial charge < -0.3 is 10.6 Å². The number of nitrogens with zero attached hydrogens (tertiary/aromatic N) is 1. The van der Waals surface area contributed by atoms with E-state index < -0.39 is 5.91 Å². The largest absolute Gasteiger partial charge is 0.359 e. The van der Waals surface area contributed by atoms with Gasteiger partial charge in [0.25, 0.3) is 5.91 Å². The van der Waals surface area contributed by atoms with Crippen molar-refractivity contribution in [3.63, 3.8) is 0 Å². The second-order valence-electron chi connectivity index (χ2n) is 5.21. The number of anilines is 2. The zero-order chi connectivity index (χ0) is 17.7. The highest BCUT2D eigenvalue weighted by Gasteiger charge is 2.10. The molecule has 0 aliphatic rings. The van der Waals surface area contributed by atoms with Crippen molar-refractivity contribution in [2.75, 3.05) is 10.6 Å². The molecule has 2 aromatic rings. The summed E-state index contributed by atoms with van der Waals surface area (Å²) in [6.45, 7) is 3.86. The summed E-state index contributed by atoms with van der Waals surface area (Å²) in [6.07, 6.45) is 1.36. The summed E-state index contributed by atoms with van der Waals surface area (Å²) in [5.74, 6) is -0.492. The predicted octanol–water partition coefficient (Wildman–Crippen LogP) is 5.18. The van der Waals surface area contributed by atoms with Crippen molar-refractivity contribution >= 4 is 44.8 Å². The normalized spacial score (nSPS) is 10.9. The summed E-state index contributed by atoms with van der Waals surface area (Å²) >= 11 is 9.53. The average Bonchev–Trinajstić information content (AvgIpc) is 2.52. The van der Waals surface area contributed by atoms with Crippen LogP contribution in [0.15, 0.2) is 52.6 Å². The van der Waals surface area contributed by atoms with Gasteiger partial charge in [0.2, 0.25) is 0 Å². The standard InChI is InChI=1S/C18H15BrClN3O/c1-11-7-12(2)17(16(20)8-11)22-10-13(9-21)18(24)23-15-5-3-14(19)4-6-15/h3-8,10,22H,1-2H3,(H,23,24)/b13-10-. The van der Waals surface area contributed by atoms with Crippen molar-refractivity contribution in [3.05, 3.63) is 68.8 Å². The van der Waals surface area contributed by atoms with E-state index in [9.17, 15) is 10.1 Å². The molecule has 0 saturated carbocycles. The molecule has 0 atom stereocenters. The maximum Gasteiger partial charge on any atom is 0.267 e. The second-order valence-corrected chi connectivity index (χ2v) is 6.54. The van der Waals surface area contributed by atoms with Gasteiger partial charge in [0, 0.05) is 16.4 Å². The highest BCUT2D eigenvalue weighted by molar-refractivity contribution is 9.10. The van der Waals surface area contributed by atoms with Crippen molar-refractivity contribution < 1.29 is 4.79 Å². The summed E-state index contributed by atoms with van der Waals surface area (Å²) in [5.41, 5.74) is 3.21. The molecule has 0 aliphatic carbocycles. The van der Waals surface area contributed by atoms with Crippen LogP contribution in [0.25, 0.3) is 0 Å². The third-order valence-electron chi connectivity index (χ3n) is 3.26. The zero-order valence-corrected chi connectivity index (χ0v) is 15.5. The van der Waals surface area contributed by atoms with Gasteiger partial charge in [0.05, 0.1) is 10.7 Å². The van der Waals surface area contributed by atoms with Crippen LogP contribution in [0.3, 0.4) is 0 Å². The topological polar surface area (TPSA) is 64.9 Å². The Morgan fingerprint density at radius 3 is 2.50 bits per heavy atom. The third kappa shape index (κ3) is 4.60. The lowest BCUT2D eigenvalue weighted by Crippen LogP contribution is -2.14. The van der Waals surface area contributed by atoms with Gasteiger partial charge >= 0.3 is 0 Å². The molecule has 0 radical (unpaired) electrons. The number of rotatable bonds is 4. The van der Waals surface area contributed by atoms with Crippen LogP contribution in [0.2, 0.25) is 5.02 Å². The number of carbonyl (C=O) groups is 1. The van der Waals surface area contributed by atoms with E-state index in [1.807, 2.05) is 32.0 Å². The van der Waals surface area contributed by atoms with Gasteiger partial charge in [0.15, 0.2) is 0 Å². The molecule has 6 heteroatoms. The van der Waals surface area contributed by atoms with Crippen LogP contribution in [0.5, 0.6) is 0 Å². The number of nitriles is 1. The molecular weight excluding hydrogens is 390 g/mol. The summed E-state index contributed by atoms with van der Waals surface area (Å²) in [7, 11) is 0. The zero-order valence-electron chi connectivity index (χ0n) is 13.2. The lowest BCUT2D eigenvalue weighted by atomic mass is 10.1. The van der Waals surface area contributed by atoms with Gasteiger partial charge in [0.1, 0.15) is 11.6 Å². The molecule has 0 bridgehead atoms. The SMILES string of the molecule is Cc1cc(C)c(N/C=C(/C#N)C(=O)Nc2ccc(Br)cc2)c(Cl)c1. The molecule has 0 aliphatic heterocycles. The monoisotopic (exact) mass is 403 g/mol. The van der Waals surface area contributed by atoms with Gasteiger partial charge in [-0.3, -0.25) is 4.79 Å². The Bertz CT molecular complexity index is 815. The Balaban J connectivity index is 2.16.